The topological polar surface area (TPSA) is 38.3 Å². The van der Waals surface area contributed by atoms with Crippen LogP contribution in [0.1, 0.15) is 26.2 Å². The number of ether oxygens (including phenoxy) is 1. The maximum atomic E-state index is 12.1. The van der Waals surface area contributed by atoms with Crippen LogP contribution < -0.4 is 5.32 Å². The Morgan fingerprint density at radius 3 is 1.95 bits per heavy atom. The van der Waals surface area contributed by atoms with Crippen molar-refractivity contribution in [1.82, 2.24) is 5.32 Å². The van der Waals surface area contributed by atoms with Crippen LogP contribution >= 0.6 is 0 Å². The van der Waals surface area contributed by atoms with Crippen molar-refractivity contribution in [3.05, 3.63) is 0 Å². The summed E-state index contributed by atoms with van der Waals surface area (Å²) in [5, 5.41) is 1.91. The zero-order valence-electron chi connectivity index (χ0n) is 10.4. The quantitative estimate of drug-likeness (QED) is 0.605. The maximum Gasteiger partial charge on any atom is 0.401 e. The lowest BCUT2D eigenvalue weighted by molar-refractivity contribution is -0.155. The van der Waals surface area contributed by atoms with Crippen LogP contribution in [-0.2, 0) is 9.53 Å². The Hall–Kier alpha value is -0.990. The van der Waals surface area contributed by atoms with Crippen LogP contribution in [0.3, 0.4) is 0 Å². The molecule has 9 heteroatoms. The van der Waals surface area contributed by atoms with Crippen molar-refractivity contribution >= 4 is 5.97 Å². The van der Waals surface area contributed by atoms with E-state index in [2.05, 4.69) is 4.74 Å². The molecule has 0 aliphatic carbocycles. The van der Waals surface area contributed by atoms with Crippen LogP contribution in [0.2, 0.25) is 0 Å². The van der Waals surface area contributed by atoms with Crippen molar-refractivity contribution in [2.24, 2.45) is 0 Å². The molecule has 0 amide bonds. The fourth-order valence-corrected chi connectivity index (χ4v) is 1.43. The standard InChI is InChI=1S/C10H15F6NO2/c1-8(7(18)19-2,17-6-10(14,15)16)4-3-5-9(11,12)13/h17H,3-6H2,1-2H3. The monoisotopic (exact) mass is 295 g/mol. The van der Waals surface area contributed by atoms with Crippen molar-refractivity contribution in [2.45, 2.75) is 44.1 Å². The number of alkyl halides is 6. The van der Waals surface area contributed by atoms with Crippen LogP contribution in [0.15, 0.2) is 0 Å². The van der Waals surface area contributed by atoms with Crippen molar-refractivity contribution in [3.8, 4) is 0 Å². The summed E-state index contributed by atoms with van der Waals surface area (Å²) < 4.78 is 76.4. The predicted octanol–water partition coefficient (Wildman–Crippen LogP) is 2.80. The smallest absolute Gasteiger partial charge is 0.401 e. The third kappa shape index (κ3) is 7.91. The SMILES string of the molecule is COC(=O)C(C)(CCCC(F)(F)F)NCC(F)(F)F. The largest absolute Gasteiger partial charge is 0.468 e. The zero-order valence-corrected chi connectivity index (χ0v) is 10.4. The van der Waals surface area contributed by atoms with E-state index in [1.54, 1.807) is 0 Å². The molecule has 0 spiro atoms. The van der Waals surface area contributed by atoms with Gasteiger partial charge in [-0.15, -0.1) is 0 Å². The molecule has 0 aromatic rings. The van der Waals surface area contributed by atoms with Gasteiger partial charge < -0.3 is 4.74 Å². The summed E-state index contributed by atoms with van der Waals surface area (Å²) in [6.45, 7) is -0.397. The summed E-state index contributed by atoms with van der Waals surface area (Å²) in [7, 11) is 0.958. The minimum Gasteiger partial charge on any atom is -0.468 e. The minimum absolute atomic E-state index is 0.407. The highest BCUT2D eigenvalue weighted by Crippen LogP contribution is 2.26. The second-order valence-electron chi connectivity index (χ2n) is 4.26. The normalized spacial score (nSPS) is 16.0. The van der Waals surface area contributed by atoms with Crippen LogP contribution in [-0.4, -0.2) is 37.5 Å². The van der Waals surface area contributed by atoms with Gasteiger partial charge in [0.05, 0.1) is 13.7 Å². The average Bonchev–Trinajstić information content (AvgIpc) is 2.22. The van der Waals surface area contributed by atoms with Gasteiger partial charge in [0.1, 0.15) is 5.54 Å². The lowest BCUT2D eigenvalue weighted by Gasteiger charge is -2.28. The summed E-state index contributed by atoms with van der Waals surface area (Å²) >= 11 is 0. The highest BCUT2D eigenvalue weighted by atomic mass is 19.4. The fourth-order valence-electron chi connectivity index (χ4n) is 1.43. The first kappa shape index (κ1) is 18.0. The molecule has 1 atom stereocenters. The van der Waals surface area contributed by atoms with E-state index < -0.39 is 49.7 Å². The molecule has 0 aromatic carbocycles. The number of carbonyl (C=O) groups is 1. The van der Waals surface area contributed by atoms with Gasteiger partial charge in [0.25, 0.3) is 0 Å². The summed E-state index contributed by atoms with van der Waals surface area (Å²) in [5.74, 6) is -1.03. The summed E-state index contributed by atoms with van der Waals surface area (Å²) in [6.07, 6.45) is -11.0. The molecule has 0 aromatic heterocycles. The molecular weight excluding hydrogens is 280 g/mol. The number of hydrogen-bond acceptors (Lipinski definition) is 3. The molecule has 0 saturated carbocycles. The van der Waals surface area contributed by atoms with Gasteiger partial charge in [-0.05, 0) is 19.8 Å². The van der Waals surface area contributed by atoms with E-state index in [1.165, 1.54) is 0 Å². The van der Waals surface area contributed by atoms with E-state index in [0.29, 0.717) is 0 Å². The molecular formula is C10H15F6NO2. The van der Waals surface area contributed by atoms with Gasteiger partial charge in [-0.1, -0.05) is 0 Å². The highest BCUT2D eigenvalue weighted by molar-refractivity contribution is 5.80. The number of hydrogen-bond donors (Lipinski definition) is 1. The van der Waals surface area contributed by atoms with E-state index in [9.17, 15) is 31.1 Å². The van der Waals surface area contributed by atoms with Crippen molar-refractivity contribution in [2.75, 3.05) is 13.7 Å². The Morgan fingerprint density at radius 2 is 1.58 bits per heavy atom. The van der Waals surface area contributed by atoms with Gasteiger partial charge in [0, 0.05) is 6.42 Å². The van der Waals surface area contributed by atoms with E-state index in [0.717, 1.165) is 14.0 Å². The minimum atomic E-state index is -4.57. The molecule has 0 fully saturated rings. The summed E-state index contributed by atoms with van der Waals surface area (Å²) in [5.41, 5.74) is -1.80. The Balaban J connectivity index is 4.57. The average molecular weight is 295 g/mol. The van der Waals surface area contributed by atoms with Crippen LogP contribution in [0, 0.1) is 0 Å². The molecule has 3 nitrogen and oxygen atoms in total. The summed E-state index contributed by atoms with van der Waals surface area (Å²) in [6, 6.07) is 0. The third-order valence-corrected chi connectivity index (χ3v) is 2.45. The molecule has 1 N–H and O–H groups in total. The van der Waals surface area contributed by atoms with Gasteiger partial charge in [-0.3, -0.25) is 10.1 Å². The molecule has 0 saturated heterocycles. The Bertz CT molecular complexity index is 301. The number of halogens is 6. The lowest BCUT2D eigenvalue weighted by Crippen LogP contribution is -2.53. The number of methoxy groups -OCH3 is 1. The number of esters is 1. The first-order valence-corrected chi connectivity index (χ1v) is 5.36. The number of rotatable bonds is 6. The van der Waals surface area contributed by atoms with E-state index in [1.807, 2.05) is 5.32 Å². The zero-order chi connectivity index (χ0) is 15.3. The van der Waals surface area contributed by atoms with Crippen LogP contribution in [0.4, 0.5) is 26.3 Å². The Labute approximate surface area is 106 Å². The van der Waals surface area contributed by atoms with E-state index >= 15 is 0 Å². The van der Waals surface area contributed by atoms with E-state index in [4.69, 9.17) is 0 Å². The predicted molar refractivity (Wildman–Crippen MR) is 54.4 cm³/mol. The Kier molecular flexibility index (Phi) is 6.11. The first-order chi connectivity index (χ1) is 8.40. The lowest BCUT2D eigenvalue weighted by atomic mass is 9.94. The molecule has 0 bridgehead atoms. The number of nitrogens with one attached hydrogen (secondary N) is 1. The van der Waals surface area contributed by atoms with Gasteiger partial charge in [-0.25, -0.2) is 0 Å². The molecule has 0 aliphatic rings. The maximum absolute atomic E-state index is 12.1. The van der Waals surface area contributed by atoms with Gasteiger partial charge in [-0.2, -0.15) is 26.3 Å². The first-order valence-electron chi connectivity index (χ1n) is 5.36. The Morgan fingerprint density at radius 1 is 1.05 bits per heavy atom. The molecule has 0 heterocycles. The summed E-state index contributed by atoms with van der Waals surface area (Å²) in [4.78, 5) is 11.4. The second-order valence-corrected chi connectivity index (χ2v) is 4.26. The van der Waals surface area contributed by atoms with E-state index in [-0.39, 0.29) is 0 Å². The molecule has 0 rings (SSSR count). The third-order valence-electron chi connectivity index (χ3n) is 2.45. The molecule has 0 aliphatic heterocycles. The molecule has 114 valence electrons. The van der Waals surface area contributed by atoms with Gasteiger partial charge >= 0.3 is 18.3 Å². The molecule has 0 radical (unpaired) electrons. The number of carbonyl (C=O) groups excluding carboxylic acids is 1. The highest BCUT2D eigenvalue weighted by Gasteiger charge is 2.39. The van der Waals surface area contributed by atoms with Gasteiger partial charge in [0.2, 0.25) is 0 Å². The van der Waals surface area contributed by atoms with Crippen molar-refractivity contribution in [3.63, 3.8) is 0 Å². The van der Waals surface area contributed by atoms with Crippen molar-refractivity contribution < 1.29 is 35.9 Å². The second kappa shape index (κ2) is 6.44. The van der Waals surface area contributed by atoms with Gasteiger partial charge in [0.15, 0.2) is 0 Å². The van der Waals surface area contributed by atoms with Crippen LogP contribution in [0.25, 0.3) is 0 Å². The van der Waals surface area contributed by atoms with Crippen molar-refractivity contribution in [1.29, 1.82) is 0 Å². The van der Waals surface area contributed by atoms with Crippen LogP contribution in [0.5, 0.6) is 0 Å². The molecule has 19 heavy (non-hydrogen) atoms. The molecule has 1 unspecified atom stereocenters. The fraction of sp³-hybridized carbons (Fsp3) is 0.900.